The van der Waals surface area contributed by atoms with Gasteiger partial charge in [0.05, 0.1) is 13.2 Å². The number of nitrogens with zero attached hydrogens (tertiary/aromatic N) is 2. The molecule has 1 aromatic rings. The van der Waals surface area contributed by atoms with Crippen LogP contribution < -0.4 is 5.73 Å². The van der Waals surface area contributed by atoms with Crippen LogP contribution in [0.2, 0.25) is 0 Å². The van der Waals surface area contributed by atoms with Crippen molar-refractivity contribution >= 4 is 5.91 Å². The molecule has 0 saturated carbocycles. The van der Waals surface area contributed by atoms with Crippen LogP contribution in [0.3, 0.4) is 0 Å². The van der Waals surface area contributed by atoms with Gasteiger partial charge in [-0.25, -0.2) is 4.98 Å². The fourth-order valence-corrected chi connectivity index (χ4v) is 2.27. The standard InChI is InChI=1S/C14H23N3O3/c1-9(2)3-4-13-16-11-7-17(6-5-12(11)20-13)14(19)10(15)8-18/h9-10,18H,3-8,15H2,1-2H3/t10-/m0/s1. The van der Waals surface area contributed by atoms with Crippen molar-refractivity contribution in [2.75, 3.05) is 13.2 Å². The van der Waals surface area contributed by atoms with Gasteiger partial charge in [0.1, 0.15) is 17.5 Å². The molecule has 0 saturated heterocycles. The Morgan fingerprint density at radius 2 is 2.30 bits per heavy atom. The largest absolute Gasteiger partial charge is 0.445 e. The molecule has 1 aromatic heterocycles. The SMILES string of the molecule is CC(C)CCc1nc2c(o1)CCN(C(=O)[C@@H](N)CO)C2. The number of aryl methyl sites for hydroxylation is 1. The van der Waals surface area contributed by atoms with E-state index in [9.17, 15) is 4.79 Å². The monoisotopic (exact) mass is 281 g/mol. The van der Waals surface area contributed by atoms with Crippen LogP contribution >= 0.6 is 0 Å². The molecule has 1 aliphatic heterocycles. The van der Waals surface area contributed by atoms with Crippen LogP contribution in [0, 0.1) is 5.92 Å². The van der Waals surface area contributed by atoms with E-state index in [0.717, 1.165) is 30.2 Å². The first-order chi connectivity index (χ1) is 9.51. The van der Waals surface area contributed by atoms with E-state index in [1.54, 1.807) is 4.90 Å². The highest BCUT2D eigenvalue weighted by Crippen LogP contribution is 2.21. The van der Waals surface area contributed by atoms with Crippen molar-refractivity contribution in [1.29, 1.82) is 0 Å². The molecule has 112 valence electrons. The number of aromatic nitrogens is 1. The molecule has 6 nitrogen and oxygen atoms in total. The molecule has 20 heavy (non-hydrogen) atoms. The average molecular weight is 281 g/mol. The Morgan fingerprint density at radius 1 is 1.55 bits per heavy atom. The normalized spacial score (nSPS) is 16.4. The lowest BCUT2D eigenvalue weighted by atomic mass is 10.1. The van der Waals surface area contributed by atoms with Gasteiger partial charge in [-0.05, 0) is 12.3 Å². The van der Waals surface area contributed by atoms with E-state index in [-0.39, 0.29) is 12.5 Å². The summed E-state index contributed by atoms with van der Waals surface area (Å²) < 4.78 is 5.74. The number of nitrogens with two attached hydrogens (primary N) is 1. The molecule has 0 radical (unpaired) electrons. The third kappa shape index (κ3) is 3.37. The van der Waals surface area contributed by atoms with Crippen molar-refractivity contribution < 1.29 is 14.3 Å². The van der Waals surface area contributed by atoms with Crippen LogP contribution in [0.4, 0.5) is 0 Å². The molecule has 2 heterocycles. The lowest BCUT2D eigenvalue weighted by Gasteiger charge is -2.27. The fraction of sp³-hybridized carbons (Fsp3) is 0.714. The third-order valence-electron chi connectivity index (χ3n) is 3.53. The second kappa shape index (κ2) is 6.37. The summed E-state index contributed by atoms with van der Waals surface area (Å²) >= 11 is 0. The number of aliphatic hydroxyl groups excluding tert-OH is 1. The van der Waals surface area contributed by atoms with Crippen molar-refractivity contribution in [1.82, 2.24) is 9.88 Å². The molecule has 3 N–H and O–H groups in total. The fourth-order valence-electron chi connectivity index (χ4n) is 2.27. The molecule has 1 amide bonds. The maximum atomic E-state index is 11.9. The summed E-state index contributed by atoms with van der Waals surface area (Å²) in [5.41, 5.74) is 6.40. The van der Waals surface area contributed by atoms with Crippen LogP contribution in [0.15, 0.2) is 4.42 Å². The second-order valence-electron chi connectivity index (χ2n) is 5.71. The first kappa shape index (κ1) is 15.0. The Labute approximate surface area is 119 Å². The van der Waals surface area contributed by atoms with E-state index in [1.165, 1.54) is 0 Å². The predicted molar refractivity (Wildman–Crippen MR) is 73.8 cm³/mol. The predicted octanol–water partition coefficient (Wildman–Crippen LogP) is 0.468. The molecule has 6 heteroatoms. The number of rotatable bonds is 5. The van der Waals surface area contributed by atoms with Gasteiger partial charge in [0, 0.05) is 19.4 Å². The van der Waals surface area contributed by atoms with Crippen molar-refractivity contribution in [3.8, 4) is 0 Å². The summed E-state index contributed by atoms with van der Waals surface area (Å²) in [4.78, 5) is 18.1. The quantitative estimate of drug-likeness (QED) is 0.818. The molecule has 0 unspecified atom stereocenters. The van der Waals surface area contributed by atoms with Crippen LogP contribution in [0.25, 0.3) is 0 Å². The number of hydrogen-bond donors (Lipinski definition) is 2. The van der Waals surface area contributed by atoms with Gasteiger partial charge in [0.2, 0.25) is 5.91 Å². The molecular weight excluding hydrogens is 258 g/mol. The van der Waals surface area contributed by atoms with Crippen molar-refractivity contribution in [2.45, 2.75) is 45.7 Å². The Bertz CT molecular complexity index is 470. The minimum atomic E-state index is -0.844. The zero-order valence-electron chi connectivity index (χ0n) is 12.1. The zero-order chi connectivity index (χ0) is 14.7. The second-order valence-corrected chi connectivity index (χ2v) is 5.71. The highest BCUT2D eigenvalue weighted by molar-refractivity contribution is 5.81. The number of carbonyl (C=O) groups is 1. The van der Waals surface area contributed by atoms with Gasteiger partial charge in [-0.3, -0.25) is 4.79 Å². The third-order valence-corrected chi connectivity index (χ3v) is 3.53. The van der Waals surface area contributed by atoms with Gasteiger partial charge in [0.15, 0.2) is 5.89 Å². The minimum Gasteiger partial charge on any atom is -0.445 e. The van der Waals surface area contributed by atoms with Crippen molar-refractivity contribution in [2.24, 2.45) is 11.7 Å². The van der Waals surface area contributed by atoms with Crippen LogP contribution in [0.1, 0.15) is 37.6 Å². The van der Waals surface area contributed by atoms with E-state index in [2.05, 4.69) is 18.8 Å². The summed E-state index contributed by atoms with van der Waals surface area (Å²) in [6.07, 6.45) is 2.53. The Balaban J connectivity index is 2.01. The number of aliphatic hydroxyl groups is 1. The number of hydrogen-bond acceptors (Lipinski definition) is 5. The zero-order valence-corrected chi connectivity index (χ0v) is 12.1. The molecule has 0 aromatic carbocycles. The highest BCUT2D eigenvalue weighted by Gasteiger charge is 2.27. The first-order valence-electron chi connectivity index (χ1n) is 7.14. The van der Waals surface area contributed by atoms with E-state index in [0.29, 0.717) is 25.4 Å². The minimum absolute atomic E-state index is 0.232. The summed E-state index contributed by atoms with van der Waals surface area (Å²) in [6.45, 7) is 4.99. The van der Waals surface area contributed by atoms with Gasteiger partial charge < -0.3 is 20.2 Å². The van der Waals surface area contributed by atoms with Gasteiger partial charge in [-0.1, -0.05) is 13.8 Å². The van der Waals surface area contributed by atoms with E-state index in [4.69, 9.17) is 15.3 Å². The molecule has 2 rings (SSSR count). The molecule has 0 aliphatic carbocycles. The molecule has 0 spiro atoms. The molecule has 1 atom stereocenters. The summed E-state index contributed by atoms with van der Waals surface area (Å²) in [5, 5.41) is 8.95. The Hall–Kier alpha value is -1.40. The topological polar surface area (TPSA) is 92.6 Å². The molecule has 0 fully saturated rings. The maximum Gasteiger partial charge on any atom is 0.242 e. The Morgan fingerprint density at radius 3 is 2.95 bits per heavy atom. The highest BCUT2D eigenvalue weighted by atomic mass is 16.4. The van der Waals surface area contributed by atoms with Gasteiger partial charge in [-0.15, -0.1) is 0 Å². The van der Waals surface area contributed by atoms with Crippen molar-refractivity contribution in [3.05, 3.63) is 17.3 Å². The molecular formula is C14H23N3O3. The van der Waals surface area contributed by atoms with Crippen molar-refractivity contribution in [3.63, 3.8) is 0 Å². The van der Waals surface area contributed by atoms with Gasteiger partial charge >= 0.3 is 0 Å². The summed E-state index contributed by atoms with van der Waals surface area (Å²) in [6, 6.07) is -0.844. The van der Waals surface area contributed by atoms with Crippen LogP contribution in [-0.2, 0) is 24.2 Å². The number of oxazole rings is 1. The summed E-state index contributed by atoms with van der Waals surface area (Å²) in [5.74, 6) is 2.01. The van der Waals surface area contributed by atoms with Crippen LogP contribution in [-0.4, -0.2) is 40.1 Å². The molecule has 0 bridgehead atoms. The number of fused-ring (bicyclic) bond motifs is 1. The van der Waals surface area contributed by atoms with E-state index >= 15 is 0 Å². The average Bonchev–Trinajstić information content (AvgIpc) is 2.85. The number of carbonyl (C=O) groups excluding carboxylic acids is 1. The number of amides is 1. The van der Waals surface area contributed by atoms with Gasteiger partial charge in [-0.2, -0.15) is 0 Å². The lowest BCUT2D eigenvalue weighted by molar-refractivity contribution is -0.134. The van der Waals surface area contributed by atoms with Crippen LogP contribution in [0.5, 0.6) is 0 Å². The Kier molecular flexibility index (Phi) is 4.77. The molecule has 1 aliphatic rings. The first-order valence-corrected chi connectivity index (χ1v) is 7.14. The lowest BCUT2D eigenvalue weighted by Crippen LogP contribution is -2.47. The van der Waals surface area contributed by atoms with E-state index < -0.39 is 6.04 Å². The maximum absolute atomic E-state index is 11.9. The smallest absolute Gasteiger partial charge is 0.242 e. The summed E-state index contributed by atoms with van der Waals surface area (Å²) in [7, 11) is 0. The van der Waals surface area contributed by atoms with E-state index in [1.807, 2.05) is 0 Å². The van der Waals surface area contributed by atoms with Gasteiger partial charge in [0.25, 0.3) is 0 Å².